The van der Waals surface area contributed by atoms with Gasteiger partial charge >= 0.3 is 6.03 Å². The second-order valence-electron chi connectivity index (χ2n) is 8.51. The van der Waals surface area contributed by atoms with Crippen molar-refractivity contribution in [1.29, 1.82) is 0 Å². The Morgan fingerprint density at radius 3 is 2.69 bits per heavy atom. The summed E-state index contributed by atoms with van der Waals surface area (Å²) in [6, 6.07) is 16.6. The van der Waals surface area contributed by atoms with Crippen molar-refractivity contribution in [2.75, 3.05) is 19.6 Å². The van der Waals surface area contributed by atoms with Gasteiger partial charge < -0.3 is 10.2 Å². The number of amides is 4. The van der Waals surface area contributed by atoms with E-state index >= 15 is 0 Å². The van der Waals surface area contributed by atoms with Gasteiger partial charge in [-0.1, -0.05) is 42.5 Å². The van der Waals surface area contributed by atoms with Gasteiger partial charge in [-0.15, -0.1) is 11.3 Å². The molecule has 3 heterocycles. The Labute approximate surface area is 190 Å². The first kappa shape index (κ1) is 20.6. The number of nitrogens with one attached hydrogen (secondary N) is 1. The molecule has 2 atom stereocenters. The number of urea groups is 1. The van der Waals surface area contributed by atoms with Gasteiger partial charge in [0.2, 0.25) is 5.91 Å². The molecule has 164 valence electrons. The number of nitrogens with zero attached hydrogens (tertiary/aromatic N) is 3. The van der Waals surface area contributed by atoms with Crippen molar-refractivity contribution < 1.29 is 14.4 Å². The zero-order valence-corrected chi connectivity index (χ0v) is 18.6. The van der Waals surface area contributed by atoms with Crippen LogP contribution in [0.1, 0.15) is 36.3 Å². The smallest absolute Gasteiger partial charge is 0.325 e. The van der Waals surface area contributed by atoms with Crippen LogP contribution < -0.4 is 5.32 Å². The van der Waals surface area contributed by atoms with Gasteiger partial charge in [0.15, 0.2) is 0 Å². The summed E-state index contributed by atoms with van der Waals surface area (Å²) < 4.78 is 1.14. The van der Waals surface area contributed by atoms with Crippen molar-refractivity contribution in [3.63, 3.8) is 0 Å². The quantitative estimate of drug-likeness (QED) is 0.620. The highest BCUT2D eigenvalue weighted by atomic mass is 32.1. The number of benzene rings is 2. The monoisotopic (exact) mass is 448 g/mol. The number of hydrogen-bond donors (Lipinski definition) is 1. The van der Waals surface area contributed by atoms with Crippen molar-refractivity contribution in [2.24, 2.45) is 0 Å². The molecule has 0 radical (unpaired) electrons. The Kier molecular flexibility index (Phi) is 5.17. The van der Waals surface area contributed by atoms with Crippen molar-refractivity contribution in [2.45, 2.75) is 31.2 Å². The molecule has 2 aliphatic rings. The lowest BCUT2D eigenvalue weighted by Gasteiger charge is -2.32. The summed E-state index contributed by atoms with van der Waals surface area (Å²) in [6.07, 6.45) is 1.84. The highest BCUT2D eigenvalue weighted by molar-refractivity contribution is 7.18. The van der Waals surface area contributed by atoms with E-state index in [9.17, 15) is 14.4 Å². The molecule has 5 rings (SSSR count). The molecule has 0 unspecified atom stereocenters. The van der Waals surface area contributed by atoms with Gasteiger partial charge in [0.05, 0.1) is 15.2 Å². The van der Waals surface area contributed by atoms with E-state index in [0.717, 1.165) is 33.0 Å². The molecule has 0 saturated carbocycles. The fourth-order valence-electron chi connectivity index (χ4n) is 4.51. The second-order valence-corrected chi connectivity index (χ2v) is 9.57. The van der Waals surface area contributed by atoms with Crippen molar-refractivity contribution in [3.05, 3.63) is 65.2 Å². The molecule has 4 amide bonds. The Hall–Kier alpha value is -3.26. The maximum atomic E-state index is 13.1. The molecule has 2 saturated heterocycles. The Balaban J connectivity index is 1.29. The number of thiazole rings is 1. The predicted octanol–water partition coefficient (Wildman–Crippen LogP) is 3.47. The molecule has 0 spiro atoms. The molecule has 1 N–H and O–H groups in total. The minimum atomic E-state index is -1.16. The second kappa shape index (κ2) is 8.02. The summed E-state index contributed by atoms with van der Waals surface area (Å²) in [5.41, 5.74) is 0.516. The largest absolute Gasteiger partial charge is 0.340 e. The predicted molar refractivity (Wildman–Crippen MR) is 122 cm³/mol. The zero-order valence-electron chi connectivity index (χ0n) is 17.8. The first-order valence-corrected chi connectivity index (χ1v) is 11.6. The Morgan fingerprint density at radius 1 is 1.16 bits per heavy atom. The summed E-state index contributed by atoms with van der Waals surface area (Å²) in [5.74, 6) is -0.443. The first-order chi connectivity index (χ1) is 15.5. The van der Waals surface area contributed by atoms with Crippen LogP contribution in [0.15, 0.2) is 54.6 Å². The van der Waals surface area contributed by atoms with E-state index in [2.05, 4.69) is 11.4 Å². The van der Waals surface area contributed by atoms with Crippen LogP contribution in [-0.2, 0) is 15.1 Å². The van der Waals surface area contributed by atoms with Crippen LogP contribution in [0.4, 0.5) is 4.79 Å². The van der Waals surface area contributed by atoms with Crippen LogP contribution in [0.2, 0.25) is 0 Å². The third kappa shape index (κ3) is 3.54. The fraction of sp³-hybridized carbons (Fsp3) is 0.333. The summed E-state index contributed by atoms with van der Waals surface area (Å²) >= 11 is 1.67. The normalized spacial score (nSPS) is 23.6. The summed E-state index contributed by atoms with van der Waals surface area (Å²) in [7, 11) is 0. The summed E-state index contributed by atoms with van der Waals surface area (Å²) in [6.45, 7) is 2.61. The van der Waals surface area contributed by atoms with E-state index in [1.165, 1.54) is 0 Å². The van der Waals surface area contributed by atoms with E-state index in [-0.39, 0.29) is 18.4 Å². The van der Waals surface area contributed by atoms with Gasteiger partial charge in [0.1, 0.15) is 12.1 Å². The SMILES string of the molecule is C[C@@]1(c2ccccc2)NC(=O)N(CC(=O)N2CCC[C@@H](c3nc4ccccc4s3)C2)C1=O. The number of hydrogen-bond acceptors (Lipinski definition) is 5. The van der Waals surface area contributed by atoms with Crippen LogP contribution in [0.25, 0.3) is 10.2 Å². The van der Waals surface area contributed by atoms with Crippen LogP contribution in [0, 0.1) is 0 Å². The topological polar surface area (TPSA) is 82.6 Å². The molecular formula is C24H24N4O3S. The molecule has 0 bridgehead atoms. The molecule has 7 nitrogen and oxygen atoms in total. The molecule has 0 aliphatic carbocycles. The number of rotatable bonds is 4. The van der Waals surface area contributed by atoms with Gasteiger partial charge in [-0.3, -0.25) is 14.5 Å². The number of piperidine rings is 1. The van der Waals surface area contributed by atoms with Crippen LogP contribution in [0.5, 0.6) is 0 Å². The summed E-state index contributed by atoms with van der Waals surface area (Å²) in [4.78, 5) is 46.3. The van der Waals surface area contributed by atoms with E-state index in [0.29, 0.717) is 18.7 Å². The molecule has 3 aromatic rings. The first-order valence-electron chi connectivity index (χ1n) is 10.8. The molecule has 8 heteroatoms. The molecular weight excluding hydrogens is 424 g/mol. The molecule has 2 aromatic carbocycles. The standard InChI is InChI=1S/C24H24N4O3S/c1-24(17-9-3-2-4-10-17)22(30)28(23(31)26-24)15-20(29)27-13-7-8-16(14-27)21-25-18-11-5-6-12-19(18)32-21/h2-6,9-12,16H,7-8,13-15H2,1H3,(H,26,31)/t16-,24+/m1/s1. The summed E-state index contributed by atoms with van der Waals surface area (Å²) in [5, 5.41) is 3.80. The molecule has 1 aromatic heterocycles. The number of para-hydroxylation sites is 1. The van der Waals surface area contributed by atoms with Gasteiger partial charge in [-0.05, 0) is 37.5 Å². The van der Waals surface area contributed by atoms with E-state index in [1.54, 1.807) is 35.3 Å². The third-order valence-corrected chi connectivity index (χ3v) is 7.55. The average Bonchev–Trinajstić information content (AvgIpc) is 3.35. The number of aromatic nitrogens is 1. The van der Waals surface area contributed by atoms with Crippen LogP contribution in [0.3, 0.4) is 0 Å². The van der Waals surface area contributed by atoms with Crippen molar-refractivity contribution >= 4 is 39.4 Å². The lowest BCUT2D eigenvalue weighted by molar-refractivity contribution is -0.139. The van der Waals surface area contributed by atoms with Gasteiger partial charge in [0, 0.05) is 19.0 Å². The number of fused-ring (bicyclic) bond motifs is 1. The van der Waals surface area contributed by atoms with Crippen molar-refractivity contribution in [1.82, 2.24) is 20.1 Å². The minimum Gasteiger partial charge on any atom is -0.340 e. The van der Waals surface area contributed by atoms with Gasteiger partial charge in [0.25, 0.3) is 5.91 Å². The third-order valence-electron chi connectivity index (χ3n) is 6.35. The molecule has 2 aliphatic heterocycles. The fourth-order valence-corrected chi connectivity index (χ4v) is 5.61. The minimum absolute atomic E-state index is 0.169. The molecule has 32 heavy (non-hydrogen) atoms. The van der Waals surface area contributed by atoms with Crippen LogP contribution >= 0.6 is 11.3 Å². The van der Waals surface area contributed by atoms with Gasteiger partial charge in [-0.2, -0.15) is 0 Å². The highest BCUT2D eigenvalue weighted by Gasteiger charge is 2.49. The van der Waals surface area contributed by atoms with E-state index in [1.807, 2.05) is 36.4 Å². The number of carbonyl (C=O) groups is 3. The van der Waals surface area contributed by atoms with Crippen molar-refractivity contribution in [3.8, 4) is 0 Å². The average molecular weight is 449 g/mol. The zero-order chi connectivity index (χ0) is 22.3. The Morgan fingerprint density at radius 2 is 1.91 bits per heavy atom. The van der Waals surface area contributed by atoms with E-state index < -0.39 is 17.5 Å². The molecule has 2 fully saturated rings. The number of likely N-dealkylation sites (tertiary alicyclic amines) is 1. The highest BCUT2D eigenvalue weighted by Crippen LogP contribution is 2.33. The Bertz CT molecular complexity index is 1160. The maximum absolute atomic E-state index is 13.1. The number of carbonyl (C=O) groups excluding carboxylic acids is 3. The van der Waals surface area contributed by atoms with Crippen LogP contribution in [-0.4, -0.2) is 52.3 Å². The lowest BCUT2D eigenvalue weighted by Crippen LogP contribution is -2.47. The lowest BCUT2D eigenvalue weighted by atomic mass is 9.92. The maximum Gasteiger partial charge on any atom is 0.325 e. The van der Waals surface area contributed by atoms with E-state index in [4.69, 9.17) is 4.98 Å². The number of imide groups is 1. The van der Waals surface area contributed by atoms with Gasteiger partial charge in [-0.25, -0.2) is 9.78 Å².